The molecule has 3 N–H and O–H groups in total. The van der Waals surface area contributed by atoms with Crippen molar-refractivity contribution in [3.8, 4) is 11.4 Å². The number of nitrogens with two attached hydrogens (primary N) is 1. The van der Waals surface area contributed by atoms with Crippen LogP contribution in [0.5, 0.6) is 0 Å². The standard InChI is InChI=1S/C13H9FN4O2/c14-9-2-1-3-11-12(9)17-13(16-11)8-5-4-7(18(19)20)6-10(8)15/h1-6H,15H2,(H,16,17). The van der Waals surface area contributed by atoms with Crippen LogP contribution in [0.1, 0.15) is 0 Å². The lowest BCUT2D eigenvalue weighted by Gasteiger charge is -2.01. The van der Waals surface area contributed by atoms with Crippen LogP contribution in [0.3, 0.4) is 0 Å². The maximum absolute atomic E-state index is 13.6. The third-order valence-corrected chi connectivity index (χ3v) is 2.96. The Hall–Kier alpha value is -2.96. The second-order valence-electron chi connectivity index (χ2n) is 4.25. The van der Waals surface area contributed by atoms with Crippen molar-refractivity contribution in [3.05, 3.63) is 52.3 Å². The third kappa shape index (κ3) is 1.85. The Morgan fingerprint density at radius 3 is 2.75 bits per heavy atom. The van der Waals surface area contributed by atoms with E-state index in [4.69, 9.17) is 5.73 Å². The topological polar surface area (TPSA) is 97.8 Å². The van der Waals surface area contributed by atoms with Crippen molar-refractivity contribution in [1.82, 2.24) is 9.97 Å². The molecule has 0 saturated carbocycles. The molecule has 2 aromatic carbocycles. The number of hydrogen-bond acceptors (Lipinski definition) is 4. The molecular weight excluding hydrogens is 263 g/mol. The first kappa shape index (κ1) is 12.1. The third-order valence-electron chi connectivity index (χ3n) is 2.96. The Kier molecular flexibility index (Phi) is 2.60. The molecule has 20 heavy (non-hydrogen) atoms. The van der Waals surface area contributed by atoms with E-state index in [1.807, 2.05) is 0 Å². The molecule has 0 amide bonds. The molecule has 7 heteroatoms. The van der Waals surface area contributed by atoms with Crippen LogP contribution in [0.2, 0.25) is 0 Å². The van der Waals surface area contributed by atoms with Crippen molar-refractivity contribution in [2.75, 3.05) is 5.73 Å². The molecule has 0 unspecified atom stereocenters. The lowest BCUT2D eigenvalue weighted by atomic mass is 10.1. The summed E-state index contributed by atoms with van der Waals surface area (Å²) in [5.74, 6) is -0.0667. The summed E-state index contributed by atoms with van der Waals surface area (Å²) in [7, 11) is 0. The Morgan fingerprint density at radius 1 is 1.30 bits per heavy atom. The van der Waals surface area contributed by atoms with Gasteiger partial charge >= 0.3 is 0 Å². The van der Waals surface area contributed by atoms with Crippen LogP contribution in [0.4, 0.5) is 15.8 Å². The van der Waals surface area contributed by atoms with Gasteiger partial charge in [0.1, 0.15) is 11.3 Å². The molecular formula is C13H9FN4O2. The molecule has 0 aliphatic heterocycles. The molecule has 0 bridgehead atoms. The molecule has 6 nitrogen and oxygen atoms in total. The van der Waals surface area contributed by atoms with Crippen molar-refractivity contribution in [1.29, 1.82) is 0 Å². The van der Waals surface area contributed by atoms with Gasteiger partial charge in [-0.25, -0.2) is 9.37 Å². The largest absolute Gasteiger partial charge is 0.398 e. The second-order valence-corrected chi connectivity index (χ2v) is 4.25. The van der Waals surface area contributed by atoms with E-state index in [1.165, 1.54) is 24.3 Å². The number of non-ortho nitro benzene ring substituents is 1. The minimum Gasteiger partial charge on any atom is -0.398 e. The summed E-state index contributed by atoms with van der Waals surface area (Å²) in [6.45, 7) is 0. The summed E-state index contributed by atoms with van der Waals surface area (Å²) >= 11 is 0. The number of imidazole rings is 1. The molecule has 0 aliphatic rings. The monoisotopic (exact) mass is 272 g/mol. The van der Waals surface area contributed by atoms with E-state index in [-0.39, 0.29) is 16.9 Å². The smallest absolute Gasteiger partial charge is 0.271 e. The highest BCUT2D eigenvalue weighted by atomic mass is 19.1. The van der Waals surface area contributed by atoms with Crippen molar-refractivity contribution in [3.63, 3.8) is 0 Å². The number of aromatic amines is 1. The lowest BCUT2D eigenvalue weighted by molar-refractivity contribution is -0.384. The highest BCUT2D eigenvalue weighted by molar-refractivity contribution is 5.83. The van der Waals surface area contributed by atoms with E-state index in [1.54, 1.807) is 12.1 Å². The minimum absolute atomic E-state index is 0.103. The Morgan fingerprint density at radius 2 is 2.10 bits per heavy atom. The maximum Gasteiger partial charge on any atom is 0.271 e. The second kappa shape index (κ2) is 4.30. The van der Waals surface area contributed by atoms with Gasteiger partial charge in [0.15, 0.2) is 5.82 Å². The molecule has 100 valence electrons. The molecule has 0 aliphatic carbocycles. The number of nitrogens with one attached hydrogen (secondary N) is 1. The van der Waals surface area contributed by atoms with Crippen LogP contribution in [-0.4, -0.2) is 14.9 Å². The van der Waals surface area contributed by atoms with Gasteiger partial charge in [-0.3, -0.25) is 10.1 Å². The van der Waals surface area contributed by atoms with Gasteiger partial charge in [-0.15, -0.1) is 0 Å². The average molecular weight is 272 g/mol. The van der Waals surface area contributed by atoms with Crippen LogP contribution >= 0.6 is 0 Å². The summed E-state index contributed by atoms with van der Waals surface area (Å²) in [5.41, 5.74) is 7.14. The Balaban J connectivity index is 2.16. The molecule has 1 aromatic heterocycles. The van der Waals surface area contributed by atoms with Gasteiger partial charge < -0.3 is 10.7 Å². The predicted molar refractivity (Wildman–Crippen MR) is 72.6 cm³/mol. The molecule has 3 aromatic rings. The predicted octanol–water partition coefficient (Wildman–Crippen LogP) is 2.86. The highest BCUT2D eigenvalue weighted by Gasteiger charge is 2.14. The first-order valence-electron chi connectivity index (χ1n) is 5.75. The van der Waals surface area contributed by atoms with Gasteiger partial charge in [0.05, 0.1) is 10.4 Å². The fourth-order valence-corrected chi connectivity index (χ4v) is 2.00. The van der Waals surface area contributed by atoms with Crippen LogP contribution in [0.15, 0.2) is 36.4 Å². The van der Waals surface area contributed by atoms with Crippen molar-refractivity contribution < 1.29 is 9.31 Å². The van der Waals surface area contributed by atoms with Crippen LogP contribution in [-0.2, 0) is 0 Å². The molecule has 0 saturated heterocycles. The van der Waals surface area contributed by atoms with E-state index in [9.17, 15) is 14.5 Å². The van der Waals surface area contributed by atoms with E-state index >= 15 is 0 Å². The summed E-state index contributed by atoms with van der Waals surface area (Å²) in [6, 6.07) is 8.64. The number of anilines is 1. The van der Waals surface area contributed by atoms with E-state index in [0.717, 1.165) is 0 Å². The fraction of sp³-hybridized carbons (Fsp3) is 0. The van der Waals surface area contributed by atoms with Crippen molar-refractivity contribution in [2.24, 2.45) is 0 Å². The van der Waals surface area contributed by atoms with Crippen molar-refractivity contribution >= 4 is 22.4 Å². The zero-order chi connectivity index (χ0) is 14.3. The molecule has 3 rings (SSSR count). The Labute approximate surface area is 112 Å². The number of rotatable bonds is 2. The van der Waals surface area contributed by atoms with Gasteiger partial charge in [-0.2, -0.15) is 0 Å². The number of nitrogens with zero attached hydrogens (tertiary/aromatic N) is 2. The van der Waals surface area contributed by atoms with E-state index in [0.29, 0.717) is 16.9 Å². The molecule has 0 spiro atoms. The number of H-pyrrole nitrogens is 1. The summed E-state index contributed by atoms with van der Waals surface area (Å²) in [6.07, 6.45) is 0. The molecule has 0 radical (unpaired) electrons. The quantitative estimate of drug-likeness (QED) is 0.425. The lowest BCUT2D eigenvalue weighted by Crippen LogP contribution is -1.94. The zero-order valence-electron chi connectivity index (χ0n) is 10.1. The summed E-state index contributed by atoms with van der Waals surface area (Å²) < 4.78 is 13.6. The summed E-state index contributed by atoms with van der Waals surface area (Å²) in [4.78, 5) is 17.2. The van der Waals surface area contributed by atoms with E-state index < -0.39 is 10.7 Å². The van der Waals surface area contributed by atoms with E-state index in [2.05, 4.69) is 9.97 Å². The highest BCUT2D eigenvalue weighted by Crippen LogP contribution is 2.29. The number of hydrogen-bond donors (Lipinski definition) is 2. The van der Waals surface area contributed by atoms with Gasteiger partial charge in [0.2, 0.25) is 0 Å². The van der Waals surface area contributed by atoms with Gasteiger partial charge in [-0.1, -0.05) is 6.07 Å². The van der Waals surface area contributed by atoms with Crippen LogP contribution in [0.25, 0.3) is 22.4 Å². The van der Waals surface area contributed by atoms with Gasteiger partial charge in [0, 0.05) is 23.4 Å². The van der Waals surface area contributed by atoms with Crippen molar-refractivity contribution in [2.45, 2.75) is 0 Å². The number of fused-ring (bicyclic) bond motifs is 1. The number of para-hydroxylation sites is 1. The number of aromatic nitrogens is 2. The summed E-state index contributed by atoms with van der Waals surface area (Å²) in [5, 5.41) is 10.7. The first-order valence-corrected chi connectivity index (χ1v) is 5.75. The maximum atomic E-state index is 13.6. The number of halogens is 1. The Bertz CT molecular complexity index is 828. The SMILES string of the molecule is Nc1cc([N+](=O)[O-])ccc1-c1nc2c(F)cccc2[nH]1. The molecule has 1 heterocycles. The number of benzene rings is 2. The van der Waals surface area contributed by atoms with Crippen LogP contribution < -0.4 is 5.73 Å². The van der Waals surface area contributed by atoms with Gasteiger partial charge in [-0.05, 0) is 18.2 Å². The van der Waals surface area contributed by atoms with Gasteiger partial charge in [0.25, 0.3) is 5.69 Å². The fourth-order valence-electron chi connectivity index (χ4n) is 2.00. The molecule has 0 fully saturated rings. The normalized spacial score (nSPS) is 10.8. The average Bonchev–Trinajstić information content (AvgIpc) is 2.83. The number of nitro groups is 1. The number of nitro benzene ring substituents is 1. The first-order chi connectivity index (χ1) is 9.56. The van der Waals surface area contributed by atoms with Crippen LogP contribution in [0, 0.1) is 15.9 Å². The zero-order valence-corrected chi connectivity index (χ0v) is 10.1. The number of nitrogen functional groups attached to an aromatic ring is 1. The minimum atomic E-state index is -0.529. The molecule has 0 atom stereocenters.